The highest BCUT2D eigenvalue weighted by atomic mass is 79.9. The van der Waals surface area contributed by atoms with Crippen molar-refractivity contribution in [2.24, 2.45) is 5.73 Å². The van der Waals surface area contributed by atoms with Gasteiger partial charge in [-0.2, -0.15) is 0 Å². The smallest absolute Gasteiger partial charge is 0.0952 e. The Labute approximate surface area is 120 Å². The molecule has 0 aliphatic carbocycles. The third-order valence-corrected chi connectivity index (χ3v) is 4.84. The van der Waals surface area contributed by atoms with Crippen LogP contribution < -0.4 is 5.73 Å². The average Bonchev–Trinajstić information content (AvgIpc) is 2.57. The number of aromatic nitrogens is 1. The van der Waals surface area contributed by atoms with Gasteiger partial charge in [-0.15, -0.1) is 11.3 Å². The van der Waals surface area contributed by atoms with E-state index in [1.807, 2.05) is 25.1 Å². The first-order chi connectivity index (χ1) is 8.40. The number of aryl methyl sites for hydroxylation is 2. The molecule has 0 fully saturated rings. The van der Waals surface area contributed by atoms with Crippen molar-refractivity contribution in [3.63, 3.8) is 0 Å². The van der Waals surface area contributed by atoms with Gasteiger partial charge < -0.3 is 5.73 Å². The van der Waals surface area contributed by atoms with Crippen LogP contribution in [0.4, 0.5) is 0 Å². The number of benzene rings is 1. The zero-order valence-electron chi connectivity index (χ0n) is 10.8. The summed E-state index contributed by atoms with van der Waals surface area (Å²) >= 11 is 5.30. The molecule has 0 amide bonds. The number of rotatable bonds is 3. The lowest BCUT2D eigenvalue weighted by atomic mass is 9.90. The summed E-state index contributed by atoms with van der Waals surface area (Å²) in [7, 11) is 0. The van der Waals surface area contributed by atoms with Crippen LogP contribution in [0.2, 0.25) is 0 Å². The molecule has 0 saturated heterocycles. The molecule has 18 heavy (non-hydrogen) atoms. The minimum atomic E-state index is -0.406. The largest absolute Gasteiger partial charge is 0.321 e. The maximum atomic E-state index is 6.47. The Balaban J connectivity index is 2.29. The Morgan fingerprint density at radius 3 is 2.56 bits per heavy atom. The number of nitrogens with zero attached hydrogens (tertiary/aromatic N) is 1. The van der Waals surface area contributed by atoms with Crippen molar-refractivity contribution < 1.29 is 0 Å². The summed E-state index contributed by atoms with van der Waals surface area (Å²) in [6, 6.07) is 8.11. The summed E-state index contributed by atoms with van der Waals surface area (Å²) in [5.74, 6) is 0. The summed E-state index contributed by atoms with van der Waals surface area (Å²) in [6.45, 7) is 6.20. The molecule has 2 N–H and O–H groups in total. The fourth-order valence-corrected chi connectivity index (χ4v) is 3.79. The quantitative estimate of drug-likeness (QED) is 0.928. The molecular weight excluding hydrogens is 308 g/mol. The van der Waals surface area contributed by atoms with Crippen molar-refractivity contribution in [1.82, 2.24) is 4.98 Å². The van der Waals surface area contributed by atoms with Crippen LogP contribution >= 0.6 is 27.3 Å². The van der Waals surface area contributed by atoms with Crippen molar-refractivity contribution in [2.45, 2.75) is 32.7 Å². The SMILES string of the molecule is Cc1nc(CC(C)(N)c2ccccc2Br)sc1C. The second-order valence-electron chi connectivity index (χ2n) is 4.82. The lowest BCUT2D eigenvalue weighted by Crippen LogP contribution is -2.35. The van der Waals surface area contributed by atoms with Gasteiger partial charge in [-0.3, -0.25) is 0 Å². The molecule has 2 rings (SSSR count). The van der Waals surface area contributed by atoms with Crippen LogP contribution in [-0.2, 0) is 12.0 Å². The summed E-state index contributed by atoms with van der Waals surface area (Å²) in [4.78, 5) is 5.85. The molecule has 96 valence electrons. The number of halogens is 1. The Bertz CT molecular complexity index is 541. The first kappa shape index (κ1) is 13.7. The van der Waals surface area contributed by atoms with Crippen molar-refractivity contribution in [2.75, 3.05) is 0 Å². The van der Waals surface area contributed by atoms with Crippen LogP contribution in [0.15, 0.2) is 28.7 Å². The van der Waals surface area contributed by atoms with E-state index in [0.29, 0.717) is 0 Å². The van der Waals surface area contributed by atoms with E-state index < -0.39 is 5.54 Å². The van der Waals surface area contributed by atoms with Crippen LogP contribution in [0.3, 0.4) is 0 Å². The van der Waals surface area contributed by atoms with Gasteiger partial charge in [-0.1, -0.05) is 34.1 Å². The maximum Gasteiger partial charge on any atom is 0.0952 e. The third-order valence-electron chi connectivity index (χ3n) is 3.08. The molecule has 1 atom stereocenters. The summed E-state index contributed by atoms with van der Waals surface area (Å²) in [5, 5.41) is 1.10. The number of thiazole rings is 1. The number of hydrogen-bond donors (Lipinski definition) is 1. The predicted molar refractivity (Wildman–Crippen MR) is 81.0 cm³/mol. The van der Waals surface area contributed by atoms with E-state index in [0.717, 1.165) is 27.2 Å². The van der Waals surface area contributed by atoms with Gasteiger partial charge in [0.15, 0.2) is 0 Å². The van der Waals surface area contributed by atoms with E-state index in [1.165, 1.54) is 4.88 Å². The van der Waals surface area contributed by atoms with Gasteiger partial charge in [-0.25, -0.2) is 4.98 Å². The topological polar surface area (TPSA) is 38.9 Å². The molecule has 1 unspecified atom stereocenters. The van der Waals surface area contributed by atoms with Crippen LogP contribution in [0, 0.1) is 13.8 Å². The van der Waals surface area contributed by atoms with E-state index in [-0.39, 0.29) is 0 Å². The van der Waals surface area contributed by atoms with E-state index in [4.69, 9.17) is 5.73 Å². The minimum Gasteiger partial charge on any atom is -0.321 e. The summed E-state index contributed by atoms with van der Waals surface area (Å²) in [6.07, 6.45) is 0.759. The Hall–Kier alpha value is -0.710. The molecule has 0 spiro atoms. The van der Waals surface area contributed by atoms with Crippen LogP contribution in [0.1, 0.15) is 28.1 Å². The Morgan fingerprint density at radius 1 is 1.33 bits per heavy atom. The zero-order valence-corrected chi connectivity index (χ0v) is 13.2. The lowest BCUT2D eigenvalue weighted by Gasteiger charge is -2.25. The molecule has 0 aliphatic heterocycles. The summed E-state index contributed by atoms with van der Waals surface area (Å²) in [5.41, 5.74) is 8.29. The molecule has 1 aromatic heterocycles. The molecular formula is C14H17BrN2S. The van der Waals surface area contributed by atoms with Gasteiger partial charge >= 0.3 is 0 Å². The second-order valence-corrected chi connectivity index (χ2v) is 6.97. The van der Waals surface area contributed by atoms with Gasteiger partial charge in [0.1, 0.15) is 0 Å². The van der Waals surface area contributed by atoms with Crippen molar-refractivity contribution >= 4 is 27.3 Å². The van der Waals surface area contributed by atoms with Crippen molar-refractivity contribution in [3.8, 4) is 0 Å². The van der Waals surface area contributed by atoms with Gasteiger partial charge in [-0.05, 0) is 32.4 Å². The van der Waals surface area contributed by atoms with Gasteiger partial charge in [0.2, 0.25) is 0 Å². The standard InChI is InChI=1S/C14H17BrN2S/c1-9-10(2)18-13(17-9)8-14(3,16)11-6-4-5-7-12(11)15/h4-7H,8,16H2,1-3H3. The number of hydrogen-bond acceptors (Lipinski definition) is 3. The Morgan fingerprint density at radius 2 is 2.00 bits per heavy atom. The molecule has 2 nitrogen and oxygen atoms in total. The van der Waals surface area contributed by atoms with Gasteiger partial charge in [0, 0.05) is 21.3 Å². The highest BCUT2D eigenvalue weighted by molar-refractivity contribution is 9.10. The molecule has 0 aliphatic rings. The molecule has 1 aromatic carbocycles. The fourth-order valence-electron chi connectivity index (χ4n) is 1.95. The first-order valence-corrected chi connectivity index (χ1v) is 7.48. The van der Waals surface area contributed by atoms with Crippen LogP contribution in [0.25, 0.3) is 0 Å². The molecule has 0 radical (unpaired) electrons. The first-order valence-electron chi connectivity index (χ1n) is 5.87. The van der Waals surface area contributed by atoms with Gasteiger partial charge in [0.25, 0.3) is 0 Å². The summed E-state index contributed by atoms with van der Waals surface area (Å²) < 4.78 is 1.06. The predicted octanol–water partition coefficient (Wildman–Crippen LogP) is 3.94. The normalized spacial score (nSPS) is 14.5. The van der Waals surface area contributed by atoms with Gasteiger partial charge in [0.05, 0.1) is 10.7 Å². The number of nitrogens with two attached hydrogens (primary N) is 1. The third kappa shape index (κ3) is 2.82. The minimum absolute atomic E-state index is 0.406. The zero-order chi connectivity index (χ0) is 13.3. The monoisotopic (exact) mass is 324 g/mol. The van der Waals surface area contributed by atoms with Crippen molar-refractivity contribution in [1.29, 1.82) is 0 Å². The van der Waals surface area contributed by atoms with E-state index in [9.17, 15) is 0 Å². The van der Waals surface area contributed by atoms with E-state index in [2.05, 4.69) is 40.8 Å². The van der Waals surface area contributed by atoms with Crippen molar-refractivity contribution in [3.05, 3.63) is 49.9 Å². The lowest BCUT2D eigenvalue weighted by molar-refractivity contribution is 0.487. The second kappa shape index (κ2) is 5.11. The highest BCUT2D eigenvalue weighted by Gasteiger charge is 2.25. The highest BCUT2D eigenvalue weighted by Crippen LogP contribution is 2.30. The Kier molecular flexibility index (Phi) is 3.90. The molecule has 2 aromatic rings. The van der Waals surface area contributed by atoms with E-state index >= 15 is 0 Å². The van der Waals surface area contributed by atoms with E-state index in [1.54, 1.807) is 11.3 Å². The van der Waals surface area contributed by atoms with Crippen LogP contribution in [0.5, 0.6) is 0 Å². The molecule has 4 heteroatoms. The average molecular weight is 325 g/mol. The van der Waals surface area contributed by atoms with Crippen LogP contribution in [-0.4, -0.2) is 4.98 Å². The fraction of sp³-hybridized carbons (Fsp3) is 0.357. The molecule has 0 bridgehead atoms. The molecule has 0 saturated carbocycles. The molecule has 1 heterocycles. The maximum absolute atomic E-state index is 6.47.